The van der Waals surface area contributed by atoms with Gasteiger partial charge in [0.2, 0.25) is 11.9 Å². The van der Waals surface area contributed by atoms with Gasteiger partial charge < -0.3 is 11.1 Å². The highest BCUT2D eigenvalue weighted by Crippen LogP contribution is 2.08. The number of aryl methyl sites for hydroxylation is 1. The second-order valence-corrected chi connectivity index (χ2v) is 4.50. The fourth-order valence-electron chi connectivity index (χ4n) is 1.76. The molecule has 0 bridgehead atoms. The lowest BCUT2D eigenvalue weighted by molar-refractivity contribution is 0.797. The normalized spacial score (nSPS) is 10.5. The Morgan fingerprint density at radius 1 is 1.14 bits per heavy atom. The van der Waals surface area contributed by atoms with Crippen molar-refractivity contribution in [2.45, 2.75) is 13.5 Å². The number of benzene rings is 1. The Bertz CT molecular complexity index is 720. The third kappa shape index (κ3) is 3.11. The van der Waals surface area contributed by atoms with Crippen LogP contribution in [0.4, 0.5) is 11.9 Å². The van der Waals surface area contributed by atoms with Crippen LogP contribution in [0.3, 0.4) is 0 Å². The largest absolute Gasteiger partial charge is 0.368 e. The SMILES string of the molecule is Cc1ccc(CNc2nc(N)nc(-n3cncn3)n2)cc1. The van der Waals surface area contributed by atoms with Gasteiger partial charge in [-0.25, -0.2) is 4.98 Å². The zero-order valence-electron chi connectivity index (χ0n) is 11.4. The van der Waals surface area contributed by atoms with Gasteiger partial charge in [-0.2, -0.15) is 24.7 Å². The van der Waals surface area contributed by atoms with E-state index < -0.39 is 0 Å². The molecule has 8 heteroatoms. The van der Waals surface area contributed by atoms with E-state index in [4.69, 9.17) is 5.73 Å². The van der Waals surface area contributed by atoms with Crippen molar-refractivity contribution in [1.82, 2.24) is 29.7 Å². The molecule has 3 rings (SSSR count). The van der Waals surface area contributed by atoms with Crippen LogP contribution in [0.1, 0.15) is 11.1 Å². The van der Waals surface area contributed by atoms with Gasteiger partial charge in [0.1, 0.15) is 12.7 Å². The van der Waals surface area contributed by atoms with Gasteiger partial charge in [-0.3, -0.25) is 0 Å². The van der Waals surface area contributed by atoms with Crippen molar-refractivity contribution < 1.29 is 0 Å². The summed E-state index contributed by atoms with van der Waals surface area (Å²) in [5.41, 5.74) is 8.04. The molecule has 0 atom stereocenters. The summed E-state index contributed by atoms with van der Waals surface area (Å²) in [5.74, 6) is 0.849. The molecule has 8 nitrogen and oxygen atoms in total. The predicted molar refractivity (Wildman–Crippen MR) is 77.7 cm³/mol. The van der Waals surface area contributed by atoms with Crippen molar-refractivity contribution in [3.63, 3.8) is 0 Å². The second-order valence-electron chi connectivity index (χ2n) is 4.50. The summed E-state index contributed by atoms with van der Waals surface area (Å²) >= 11 is 0. The fraction of sp³-hybridized carbons (Fsp3) is 0.154. The summed E-state index contributed by atoms with van der Waals surface area (Å²) in [6.07, 6.45) is 2.90. The second kappa shape index (κ2) is 5.53. The molecule has 3 N–H and O–H groups in total. The van der Waals surface area contributed by atoms with E-state index >= 15 is 0 Å². The molecule has 0 aliphatic carbocycles. The number of rotatable bonds is 4. The first-order valence-corrected chi connectivity index (χ1v) is 6.37. The van der Waals surface area contributed by atoms with Gasteiger partial charge in [-0.1, -0.05) is 29.8 Å². The van der Waals surface area contributed by atoms with Crippen LogP contribution in [-0.2, 0) is 6.54 Å². The van der Waals surface area contributed by atoms with E-state index in [9.17, 15) is 0 Å². The highest BCUT2D eigenvalue weighted by Gasteiger charge is 2.06. The molecule has 0 saturated heterocycles. The smallest absolute Gasteiger partial charge is 0.258 e. The zero-order chi connectivity index (χ0) is 14.7. The number of nitrogens with one attached hydrogen (secondary N) is 1. The minimum Gasteiger partial charge on any atom is -0.368 e. The molecule has 2 aromatic heterocycles. The number of hydrogen-bond donors (Lipinski definition) is 2. The average Bonchev–Trinajstić information content (AvgIpc) is 3.00. The van der Waals surface area contributed by atoms with E-state index in [-0.39, 0.29) is 5.95 Å². The molecule has 3 aromatic rings. The van der Waals surface area contributed by atoms with Crippen molar-refractivity contribution in [1.29, 1.82) is 0 Å². The van der Waals surface area contributed by atoms with Gasteiger partial charge in [-0.15, -0.1) is 0 Å². The van der Waals surface area contributed by atoms with Gasteiger partial charge in [0.25, 0.3) is 5.95 Å². The van der Waals surface area contributed by atoms with Crippen molar-refractivity contribution in [2.24, 2.45) is 0 Å². The summed E-state index contributed by atoms with van der Waals surface area (Å²) in [6, 6.07) is 8.20. The number of aromatic nitrogens is 6. The topological polar surface area (TPSA) is 107 Å². The number of hydrogen-bond acceptors (Lipinski definition) is 7. The molecule has 0 unspecified atom stereocenters. The first kappa shape index (κ1) is 13.0. The van der Waals surface area contributed by atoms with Crippen LogP contribution in [0.25, 0.3) is 5.95 Å². The molecule has 0 amide bonds. The van der Waals surface area contributed by atoms with Gasteiger partial charge in [0.15, 0.2) is 0 Å². The van der Waals surface area contributed by atoms with E-state index in [1.54, 1.807) is 0 Å². The van der Waals surface area contributed by atoms with Crippen molar-refractivity contribution in [3.05, 3.63) is 48.0 Å². The molecule has 0 radical (unpaired) electrons. The van der Waals surface area contributed by atoms with Crippen LogP contribution in [0.15, 0.2) is 36.9 Å². The Morgan fingerprint density at radius 3 is 2.67 bits per heavy atom. The molecule has 2 heterocycles. The van der Waals surface area contributed by atoms with E-state index in [1.807, 2.05) is 19.1 Å². The highest BCUT2D eigenvalue weighted by atomic mass is 15.4. The van der Waals surface area contributed by atoms with Crippen LogP contribution < -0.4 is 11.1 Å². The number of anilines is 2. The van der Waals surface area contributed by atoms with Crippen LogP contribution in [-0.4, -0.2) is 29.7 Å². The Balaban J connectivity index is 1.78. The Labute approximate surface area is 121 Å². The van der Waals surface area contributed by atoms with Crippen LogP contribution in [0, 0.1) is 6.92 Å². The van der Waals surface area contributed by atoms with Gasteiger partial charge in [0.05, 0.1) is 0 Å². The minimum atomic E-state index is 0.127. The molecular weight excluding hydrogens is 268 g/mol. The lowest BCUT2D eigenvalue weighted by Crippen LogP contribution is -2.11. The number of nitrogens with zero attached hydrogens (tertiary/aromatic N) is 6. The lowest BCUT2D eigenvalue weighted by Gasteiger charge is -2.07. The average molecular weight is 282 g/mol. The third-order valence-electron chi connectivity index (χ3n) is 2.84. The van der Waals surface area contributed by atoms with Crippen molar-refractivity contribution >= 4 is 11.9 Å². The molecule has 0 spiro atoms. The van der Waals surface area contributed by atoms with Crippen LogP contribution >= 0.6 is 0 Å². The van der Waals surface area contributed by atoms with Crippen LogP contribution in [0.2, 0.25) is 0 Å². The minimum absolute atomic E-state index is 0.127. The maximum Gasteiger partial charge on any atom is 0.258 e. The first-order valence-electron chi connectivity index (χ1n) is 6.37. The lowest BCUT2D eigenvalue weighted by atomic mass is 10.1. The quantitative estimate of drug-likeness (QED) is 0.733. The van der Waals surface area contributed by atoms with Gasteiger partial charge in [0, 0.05) is 6.54 Å². The Morgan fingerprint density at radius 2 is 1.95 bits per heavy atom. The summed E-state index contributed by atoms with van der Waals surface area (Å²) < 4.78 is 1.43. The van der Waals surface area contributed by atoms with Crippen molar-refractivity contribution in [2.75, 3.05) is 11.1 Å². The summed E-state index contributed by atoms with van der Waals surface area (Å²) in [7, 11) is 0. The molecule has 0 aliphatic rings. The zero-order valence-corrected chi connectivity index (χ0v) is 11.4. The van der Waals surface area contributed by atoms with Crippen molar-refractivity contribution in [3.8, 4) is 5.95 Å². The fourth-order valence-corrected chi connectivity index (χ4v) is 1.76. The third-order valence-corrected chi connectivity index (χ3v) is 2.84. The van der Waals surface area contributed by atoms with Gasteiger partial charge in [-0.05, 0) is 12.5 Å². The maximum absolute atomic E-state index is 5.69. The number of nitrogen functional groups attached to an aromatic ring is 1. The maximum atomic E-state index is 5.69. The Hall–Kier alpha value is -3.03. The summed E-state index contributed by atoms with van der Waals surface area (Å²) in [5, 5.41) is 7.09. The van der Waals surface area contributed by atoms with E-state index in [0.29, 0.717) is 18.4 Å². The summed E-state index contributed by atoms with van der Waals surface area (Å²) in [6.45, 7) is 2.65. The molecule has 0 saturated carbocycles. The van der Waals surface area contributed by atoms with Gasteiger partial charge >= 0.3 is 0 Å². The van der Waals surface area contributed by atoms with Crippen LogP contribution in [0.5, 0.6) is 0 Å². The van der Waals surface area contributed by atoms with E-state index in [0.717, 1.165) is 5.56 Å². The molecule has 1 aromatic carbocycles. The molecule has 106 valence electrons. The monoisotopic (exact) mass is 282 g/mol. The van der Waals surface area contributed by atoms with E-state index in [1.165, 1.54) is 22.9 Å². The standard InChI is InChI=1S/C13H14N8/c1-9-2-4-10(5-3-9)6-16-12-18-11(14)19-13(20-12)21-8-15-7-17-21/h2-5,7-8H,6H2,1H3,(H3,14,16,18,19,20). The predicted octanol–water partition coefficient (Wildman–Crippen LogP) is 0.955. The van der Waals surface area contributed by atoms with E-state index in [2.05, 4.69) is 42.5 Å². The number of nitrogens with two attached hydrogens (primary N) is 1. The molecule has 0 fully saturated rings. The first-order chi connectivity index (χ1) is 10.2. The highest BCUT2D eigenvalue weighted by molar-refractivity contribution is 5.36. The summed E-state index contributed by atoms with van der Waals surface area (Å²) in [4.78, 5) is 16.2. The Kier molecular flexibility index (Phi) is 3.42. The molecule has 21 heavy (non-hydrogen) atoms. The molecular formula is C13H14N8. The molecule has 0 aliphatic heterocycles.